The van der Waals surface area contributed by atoms with Crippen LogP contribution in [0, 0.1) is 0 Å². The number of hydrogen-bond donors (Lipinski definition) is 0. The van der Waals surface area contributed by atoms with Gasteiger partial charge in [0.1, 0.15) is 11.5 Å². The lowest BCUT2D eigenvalue weighted by Gasteiger charge is -2.10. The molecule has 2 rings (SSSR count). The molecule has 0 fully saturated rings. The van der Waals surface area contributed by atoms with Crippen LogP contribution in [0.3, 0.4) is 0 Å². The van der Waals surface area contributed by atoms with Gasteiger partial charge in [-0.2, -0.15) is 0 Å². The molecule has 0 aliphatic carbocycles. The molecule has 0 unspecified atom stereocenters. The van der Waals surface area contributed by atoms with Crippen molar-refractivity contribution in [2.24, 2.45) is 0 Å². The van der Waals surface area contributed by atoms with Crippen LogP contribution in [0.2, 0.25) is 0 Å². The van der Waals surface area contributed by atoms with Crippen molar-refractivity contribution < 1.29 is 9.47 Å². The second kappa shape index (κ2) is 8.49. The van der Waals surface area contributed by atoms with Crippen LogP contribution in [0.1, 0.15) is 18.4 Å². The number of hydrogen-bond acceptors (Lipinski definition) is 2. The number of benzene rings is 2. The lowest BCUT2D eigenvalue weighted by Crippen LogP contribution is -2.03. The Kier molecular flexibility index (Phi) is 6.25. The fraction of sp³-hybridized carbons (Fsp3) is 0.294. The first-order valence-corrected chi connectivity index (χ1v) is 7.38. The molecule has 0 aliphatic heterocycles. The van der Waals surface area contributed by atoms with E-state index >= 15 is 0 Å². The number of ether oxygens (including phenoxy) is 2. The molecule has 0 saturated carbocycles. The zero-order valence-corrected chi connectivity index (χ0v) is 12.2. The molecule has 0 amide bonds. The third kappa shape index (κ3) is 4.78. The minimum absolute atomic E-state index is 0.479. The van der Waals surface area contributed by atoms with E-state index in [1.807, 2.05) is 54.6 Å². The van der Waals surface area contributed by atoms with Gasteiger partial charge in [0.15, 0.2) is 0 Å². The van der Waals surface area contributed by atoms with E-state index in [9.17, 15) is 0 Å². The molecule has 2 aromatic carbocycles. The average molecular weight is 291 g/mol. The van der Waals surface area contributed by atoms with Crippen molar-refractivity contribution in [3.05, 3.63) is 60.2 Å². The van der Waals surface area contributed by atoms with Gasteiger partial charge in [0.25, 0.3) is 0 Å². The van der Waals surface area contributed by atoms with Crippen molar-refractivity contribution in [3.8, 4) is 11.5 Å². The first-order chi connectivity index (χ1) is 9.90. The van der Waals surface area contributed by atoms with Gasteiger partial charge in [-0.15, -0.1) is 11.6 Å². The maximum atomic E-state index is 5.86. The lowest BCUT2D eigenvalue weighted by atomic mass is 10.2. The maximum absolute atomic E-state index is 5.86. The van der Waals surface area contributed by atoms with E-state index in [2.05, 4.69) is 0 Å². The molecular formula is C17H19ClO2. The summed E-state index contributed by atoms with van der Waals surface area (Å²) in [4.78, 5) is 0. The smallest absolute Gasteiger partial charge is 0.123 e. The maximum Gasteiger partial charge on any atom is 0.123 e. The Bertz CT molecular complexity index is 499. The van der Waals surface area contributed by atoms with E-state index in [4.69, 9.17) is 21.1 Å². The molecule has 2 nitrogen and oxygen atoms in total. The molecular weight excluding hydrogens is 272 g/mol. The van der Waals surface area contributed by atoms with Crippen molar-refractivity contribution >= 4 is 11.6 Å². The van der Waals surface area contributed by atoms with E-state index in [-0.39, 0.29) is 0 Å². The molecule has 0 aromatic heterocycles. The summed E-state index contributed by atoms with van der Waals surface area (Å²) in [5.74, 6) is 2.28. The topological polar surface area (TPSA) is 18.5 Å². The fourth-order valence-electron chi connectivity index (χ4n) is 1.85. The van der Waals surface area contributed by atoms with Crippen LogP contribution in [0.5, 0.6) is 11.5 Å². The Balaban J connectivity index is 1.62. The van der Waals surface area contributed by atoms with E-state index in [1.165, 1.54) is 0 Å². The minimum Gasteiger partial charge on any atom is -0.494 e. The van der Waals surface area contributed by atoms with Crippen LogP contribution in [-0.2, 0) is 5.88 Å². The van der Waals surface area contributed by atoms with Crippen LogP contribution in [0.4, 0.5) is 0 Å². The number of halogens is 1. The molecule has 2 aromatic rings. The highest BCUT2D eigenvalue weighted by atomic mass is 35.5. The van der Waals surface area contributed by atoms with Crippen LogP contribution >= 0.6 is 11.6 Å². The molecule has 20 heavy (non-hydrogen) atoms. The van der Waals surface area contributed by atoms with Crippen molar-refractivity contribution in [3.63, 3.8) is 0 Å². The van der Waals surface area contributed by atoms with Crippen LogP contribution in [0.15, 0.2) is 54.6 Å². The molecule has 0 aliphatic rings. The highest BCUT2D eigenvalue weighted by molar-refractivity contribution is 6.17. The lowest BCUT2D eigenvalue weighted by molar-refractivity contribution is 0.265. The highest BCUT2D eigenvalue weighted by Gasteiger charge is 2.01. The largest absolute Gasteiger partial charge is 0.494 e. The van der Waals surface area contributed by atoms with E-state index in [0.717, 1.165) is 29.9 Å². The zero-order chi connectivity index (χ0) is 14.0. The van der Waals surface area contributed by atoms with Crippen molar-refractivity contribution in [2.75, 3.05) is 13.2 Å². The van der Waals surface area contributed by atoms with Crippen molar-refractivity contribution in [1.82, 2.24) is 0 Å². The quantitative estimate of drug-likeness (QED) is 0.520. The van der Waals surface area contributed by atoms with Crippen LogP contribution in [0.25, 0.3) is 0 Å². The number of alkyl halides is 1. The van der Waals surface area contributed by atoms with Gasteiger partial charge in [0, 0.05) is 5.56 Å². The molecule has 0 heterocycles. The molecule has 0 radical (unpaired) electrons. The molecule has 106 valence electrons. The van der Waals surface area contributed by atoms with Gasteiger partial charge in [-0.05, 0) is 31.0 Å². The predicted molar refractivity (Wildman–Crippen MR) is 82.7 cm³/mol. The zero-order valence-electron chi connectivity index (χ0n) is 11.4. The highest BCUT2D eigenvalue weighted by Crippen LogP contribution is 2.20. The standard InChI is InChI=1S/C17H19ClO2/c18-14-15-8-4-5-11-17(15)20-13-7-6-12-19-16-9-2-1-3-10-16/h1-5,8-11H,6-7,12-14H2. The Morgan fingerprint density at radius 1 is 0.750 bits per heavy atom. The number of unbranched alkanes of at least 4 members (excludes halogenated alkanes) is 1. The van der Waals surface area contributed by atoms with E-state index in [1.54, 1.807) is 0 Å². The van der Waals surface area contributed by atoms with Gasteiger partial charge in [0.05, 0.1) is 19.1 Å². The second-order valence-electron chi connectivity index (χ2n) is 4.46. The Hall–Kier alpha value is -1.67. The summed E-state index contributed by atoms with van der Waals surface area (Å²) in [6.45, 7) is 1.40. The number of para-hydroxylation sites is 2. The summed E-state index contributed by atoms with van der Waals surface area (Å²) in [6, 6.07) is 17.7. The van der Waals surface area contributed by atoms with Gasteiger partial charge >= 0.3 is 0 Å². The summed E-state index contributed by atoms with van der Waals surface area (Å²) in [5, 5.41) is 0. The van der Waals surface area contributed by atoms with Crippen molar-refractivity contribution in [2.45, 2.75) is 18.7 Å². The number of rotatable bonds is 8. The molecule has 0 spiro atoms. The van der Waals surface area contributed by atoms with Crippen LogP contribution < -0.4 is 9.47 Å². The Morgan fingerprint density at radius 2 is 1.40 bits per heavy atom. The minimum atomic E-state index is 0.479. The van der Waals surface area contributed by atoms with E-state index < -0.39 is 0 Å². The summed E-state index contributed by atoms with van der Waals surface area (Å²) in [5.41, 5.74) is 1.04. The van der Waals surface area contributed by atoms with Crippen LogP contribution in [-0.4, -0.2) is 13.2 Å². The molecule has 0 saturated heterocycles. The first kappa shape index (κ1) is 14.7. The summed E-state index contributed by atoms with van der Waals surface area (Å²) in [6.07, 6.45) is 1.93. The molecule has 0 N–H and O–H groups in total. The van der Waals surface area contributed by atoms with E-state index in [0.29, 0.717) is 19.1 Å². The molecule has 0 bridgehead atoms. The SMILES string of the molecule is ClCc1ccccc1OCCCCOc1ccccc1. The molecule has 0 atom stereocenters. The van der Waals surface area contributed by atoms with Gasteiger partial charge in [-0.3, -0.25) is 0 Å². The summed E-state index contributed by atoms with van der Waals surface area (Å²) < 4.78 is 11.4. The third-order valence-corrected chi connectivity index (χ3v) is 3.21. The monoisotopic (exact) mass is 290 g/mol. The fourth-order valence-corrected chi connectivity index (χ4v) is 2.07. The summed E-state index contributed by atoms with van der Waals surface area (Å²) in [7, 11) is 0. The summed E-state index contributed by atoms with van der Waals surface area (Å²) >= 11 is 5.86. The van der Waals surface area contributed by atoms with Crippen molar-refractivity contribution in [1.29, 1.82) is 0 Å². The van der Waals surface area contributed by atoms with Gasteiger partial charge < -0.3 is 9.47 Å². The molecule has 3 heteroatoms. The second-order valence-corrected chi connectivity index (χ2v) is 4.73. The van der Waals surface area contributed by atoms with Gasteiger partial charge in [-0.25, -0.2) is 0 Å². The average Bonchev–Trinajstić information content (AvgIpc) is 2.52. The Morgan fingerprint density at radius 3 is 2.15 bits per heavy atom. The first-order valence-electron chi connectivity index (χ1n) is 6.84. The Labute approximate surface area is 125 Å². The third-order valence-electron chi connectivity index (χ3n) is 2.92. The normalized spacial score (nSPS) is 10.2. The predicted octanol–water partition coefficient (Wildman–Crippen LogP) is 4.66. The van der Waals surface area contributed by atoms with Gasteiger partial charge in [-0.1, -0.05) is 36.4 Å². The van der Waals surface area contributed by atoms with Gasteiger partial charge in [0.2, 0.25) is 0 Å².